The van der Waals surface area contributed by atoms with Gasteiger partial charge < -0.3 is 15.7 Å². The maximum atomic E-state index is 12.0. The monoisotopic (exact) mass is 268 g/mol. The highest BCUT2D eigenvalue weighted by atomic mass is 16.4. The molecule has 0 aromatic carbocycles. The van der Waals surface area contributed by atoms with E-state index in [-0.39, 0.29) is 30.2 Å². The lowest BCUT2D eigenvalue weighted by atomic mass is 9.94. The Bertz CT molecular complexity index is 383. The van der Waals surface area contributed by atoms with E-state index in [1.165, 1.54) is 0 Å². The Kier molecular flexibility index (Phi) is 4.39. The summed E-state index contributed by atoms with van der Waals surface area (Å²) in [7, 11) is 0. The molecule has 0 radical (unpaired) electrons. The van der Waals surface area contributed by atoms with E-state index in [4.69, 9.17) is 0 Å². The first-order valence-electron chi connectivity index (χ1n) is 6.88. The van der Waals surface area contributed by atoms with Gasteiger partial charge in [0.15, 0.2) is 0 Å². The Morgan fingerprint density at radius 3 is 2.58 bits per heavy atom. The van der Waals surface area contributed by atoms with Crippen molar-refractivity contribution in [3.8, 4) is 0 Å². The average Bonchev–Trinajstić information content (AvgIpc) is 2.65. The molecular formula is C13H20N2O4. The van der Waals surface area contributed by atoms with Crippen LogP contribution in [0.5, 0.6) is 0 Å². The van der Waals surface area contributed by atoms with Gasteiger partial charge in [-0.25, -0.2) is 0 Å². The second-order valence-corrected chi connectivity index (χ2v) is 5.40. The minimum Gasteiger partial charge on any atom is -0.481 e. The van der Waals surface area contributed by atoms with Gasteiger partial charge in [-0.15, -0.1) is 0 Å². The number of carboxylic acids is 1. The fourth-order valence-electron chi connectivity index (χ4n) is 2.87. The zero-order valence-electron chi connectivity index (χ0n) is 10.9. The van der Waals surface area contributed by atoms with E-state index in [0.717, 1.165) is 19.3 Å². The smallest absolute Gasteiger partial charge is 0.308 e. The predicted octanol–water partition coefficient (Wildman–Crippen LogP) is 0.272. The molecule has 6 nitrogen and oxygen atoms in total. The van der Waals surface area contributed by atoms with Crippen LogP contribution in [0, 0.1) is 11.8 Å². The van der Waals surface area contributed by atoms with Gasteiger partial charge in [0.05, 0.1) is 11.8 Å². The summed E-state index contributed by atoms with van der Waals surface area (Å²) >= 11 is 0. The van der Waals surface area contributed by atoms with Crippen molar-refractivity contribution in [1.82, 2.24) is 10.6 Å². The molecule has 2 fully saturated rings. The summed E-state index contributed by atoms with van der Waals surface area (Å²) in [6, 6.07) is -0.303. The first-order valence-corrected chi connectivity index (χ1v) is 6.88. The van der Waals surface area contributed by atoms with Gasteiger partial charge in [-0.05, 0) is 12.8 Å². The Morgan fingerprint density at radius 1 is 1.21 bits per heavy atom. The first-order chi connectivity index (χ1) is 9.08. The minimum absolute atomic E-state index is 0.115. The van der Waals surface area contributed by atoms with E-state index < -0.39 is 11.9 Å². The minimum atomic E-state index is -0.840. The van der Waals surface area contributed by atoms with Crippen molar-refractivity contribution in [2.24, 2.45) is 11.8 Å². The number of nitrogens with one attached hydrogen (secondary N) is 2. The molecule has 3 unspecified atom stereocenters. The highest BCUT2D eigenvalue weighted by Gasteiger charge is 2.34. The van der Waals surface area contributed by atoms with Gasteiger partial charge in [0, 0.05) is 19.0 Å². The van der Waals surface area contributed by atoms with Crippen LogP contribution in [0.15, 0.2) is 0 Å². The molecule has 106 valence electrons. The highest BCUT2D eigenvalue weighted by molar-refractivity contribution is 5.89. The van der Waals surface area contributed by atoms with Crippen molar-refractivity contribution < 1.29 is 19.5 Å². The number of rotatable bonds is 3. The molecule has 3 N–H and O–H groups in total. The summed E-state index contributed by atoms with van der Waals surface area (Å²) in [5.41, 5.74) is 0. The van der Waals surface area contributed by atoms with E-state index >= 15 is 0 Å². The molecule has 6 heteroatoms. The van der Waals surface area contributed by atoms with Crippen molar-refractivity contribution in [2.45, 2.75) is 44.6 Å². The number of carbonyl (C=O) groups is 3. The Morgan fingerprint density at radius 2 is 1.95 bits per heavy atom. The number of carboxylic acid groups (broad SMARTS) is 1. The molecule has 2 amide bonds. The molecule has 1 saturated heterocycles. The molecular weight excluding hydrogens is 248 g/mol. The predicted molar refractivity (Wildman–Crippen MR) is 67.3 cm³/mol. The van der Waals surface area contributed by atoms with E-state index in [1.807, 2.05) is 0 Å². The lowest BCUT2D eigenvalue weighted by Gasteiger charge is -2.24. The maximum Gasteiger partial charge on any atom is 0.308 e. The Hall–Kier alpha value is -1.59. The third kappa shape index (κ3) is 3.45. The summed E-state index contributed by atoms with van der Waals surface area (Å²) in [5.74, 6) is -2.01. The molecule has 1 saturated carbocycles. The van der Waals surface area contributed by atoms with Crippen LogP contribution in [0.3, 0.4) is 0 Å². The van der Waals surface area contributed by atoms with Gasteiger partial charge in [-0.2, -0.15) is 0 Å². The number of aliphatic carboxylic acids is 1. The second-order valence-electron chi connectivity index (χ2n) is 5.40. The van der Waals surface area contributed by atoms with E-state index in [0.29, 0.717) is 19.4 Å². The van der Waals surface area contributed by atoms with Crippen LogP contribution in [0.1, 0.15) is 38.5 Å². The number of hydrogen-bond acceptors (Lipinski definition) is 3. The summed E-state index contributed by atoms with van der Waals surface area (Å²) < 4.78 is 0. The molecule has 2 rings (SSSR count). The summed E-state index contributed by atoms with van der Waals surface area (Å²) in [6.07, 6.45) is 4.37. The van der Waals surface area contributed by atoms with Crippen LogP contribution in [-0.4, -0.2) is 35.5 Å². The van der Waals surface area contributed by atoms with Gasteiger partial charge in [0.25, 0.3) is 0 Å². The van der Waals surface area contributed by atoms with Crippen molar-refractivity contribution in [3.63, 3.8) is 0 Å². The molecule has 1 aliphatic heterocycles. The van der Waals surface area contributed by atoms with Crippen molar-refractivity contribution in [1.29, 1.82) is 0 Å². The summed E-state index contributed by atoms with van der Waals surface area (Å²) in [6.45, 7) is 0.356. The standard InChI is InChI=1S/C13H20N2O4/c16-11-6-8(7-14-11)12(17)15-10-5-3-1-2-4-9(10)13(18)19/h8-10H,1-7H2,(H,14,16)(H,15,17)(H,18,19). The van der Waals surface area contributed by atoms with Crippen LogP contribution in [0.25, 0.3) is 0 Å². The highest BCUT2D eigenvalue weighted by Crippen LogP contribution is 2.24. The van der Waals surface area contributed by atoms with E-state index in [2.05, 4.69) is 10.6 Å². The molecule has 1 aliphatic carbocycles. The van der Waals surface area contributed by atoms with Gasteiger partial charge in [-0.1, -0.05) is 19.3 Å². The van der Waals surface area contributed by atoms with Crippen molar-refractivity contribution in [3.05, 3.63) is 0 Å². The molecule has 0 aromatic rings. The molecule has 0 aromatic heterocycles. The molecule has 0 spiro atoms. The molecule has 0 bridgehead atoms. The van der Waals surface area contributed by atoms with Gasteiger partial charge in [-0.3, -0.25) is 14.4 Å². The zero-order chi connectivity index (χ0) is 13.8. The van der Waals surface area contributed by atoms with Crippen molar-refractivity contribution in [2.75, 3.05) is 6.54 Å². The lowest BCUT2D eigenvalue weighted by Crippen LogP contribution is -2.45. The lowest BCUT2D eigenvalue weighted by molar-refractivity contribution is -0.143. The fourth-order valence-corrected chi connectivity index (χ4v) is 2.87. The van der Waals surface area contributed by atoms with Gasteiger partial charge in [0.2, 0.25) is 11.8 Å². The van der Waals surface area contributed by atoms with Crippen LogP contribution >= 0.6 is 0 Å². The van der Waals surface area contributed by atoms with E-state index in [9.17, 15) is 19.5 Å². The molecule has 2 aliphatic rings. The number of hydrogen-bond donors (Lipinski definition) is 3. The first kappa shape index (κ1) is 13.8. The van der Waals surface area contributed by atoms with Crippen LogP contribution < -0.4 is 10.6 Å². The van der Waals surface area contributed by atoms with Gasteiger partial charge in [0.1, 0.15) is 0 Å². The zero-order valence-corrected chi connectivity index (χ0v) is 10.9. The van der Waals surface area contributed by atoms with E-state index in [1.54, 1.807) is 0 Å². The second kappa shape index (κ2) is 6.04. The number of amides is 2. The van der Waals surface area contributed by atoms with Crippen LogP contribution in [-0.2, 0) is 14.4 Å². The Labute approximate surface area is 111 Å². The molecule has 3 atom stereocenters. The van der Waals surface area contributed by atoms with Crippen molar-refractivity contribution >= 4 is 17.8 Å². The summed E-state index contributed by atoms with van der Waals surface area (Å²) in [5, 5.41) is 14.7. The molecule has 1 heterocycles. The third-order valence-electron chi connectivity index (χ3n) is 4.01. The molecule has 19 heavy (non-hydrogen) atoms. The van der Waals surface area contributed by atoms with Crippen LogP contribution in [0.4, 0.5) is 0 Å². The Balaban J connectivity index is 1.96. The number of carbonyl (C=O) groups excluding carboxylic acids is 2. The van der Waals surface area contributed by atoms with Crippen LogP contribution in [0.2, 0.25) is 0 Å². The van der Waals surface area contributed by atoms with Gasteiger partial charge >= 0.3 is 5.97 Å². The SMILES string of the molecule is O=C1CC(C(=O)NC2CCCCCC2C(=O)O)CN1. The fraction of sp³-hybridized carbons (Fsp3) is 0.769. The normalized spacial score (nSPS) is 31.4. The average molecular weight is 268 g/mol. The quantitative estimate of drug-likeness (QED) is 0.640. The largest absolute Gasteiger partial charge is 0.481 e. The summed E-state index contributed by atoms with van der Waals surface area (Å²) in [4.78, 5) is 34.4. The topological polar surface area (TPSA) is 95.5 Å². The maximum absolute atomic E-state index is 12.0. The third-order valence-corrected chi connectivity index (χ3v) is 4.01.